The summed E-state index contributed by atoms with van der Waals surface area (Å²) in [4.78, 5) is 0. The first kappa shape index (κ1) is 11.3. The molecule has 4 nitrogen and oxygen atoms in total. The van der Waals surface area contributed by atoms with Crippen molar-refractivity contribution in [3.63, 3.8) is 0 Å². The van der Waals surface area contributed by atoms with Gasteiger partial charge in [0.25, 0.3) is 0 Å². The molecule has 17 heavy (non-hydrogen) atoms. The van der Waals surface area contributed by atoms with Gasteiger partial charge in [-0.1, -0.05) is 6.07 Å². The summed E-state index contributed by atoms with van der Waals surface area (Å²) < 4.78 is 7.64. The van der Waals surface area contributed by atoms with E-state index in [0.717, 1.165) is 6.54 Å². The molecule has 1 aromatic heterocycles. The molecule has 0 radical (unpaired) electrons. The quantitative estimate of drug-likeness (QED) is 0.613. The molecule has 4 heteroatoms. The number of rotatable bonds is 4. The number of hydrogen-bond donors (Lipinski definition) is 2. The van der Waals surface area contributed by atoms with Crippen LogP contribution < -0.4 is 20.8 Å². The summed E-state index contributed by atoms with van der Waals surface area (Å²) in [5.41, 5.74) is 12.6. The molecule has 0 aliphatic heterocycles. The van der Waals surface area contributed by atoms with Gasteiger partial charge in [-0.2, -0.15) is 0 Å². The minimum atomic E-state index is 0.572. The molecule has 4 N–H and O–H groups in total. The van der Waals surface area contributed by atoms with Crippen LogP contribution in [0.1, 0.15) is 0 Å². The van der Waals surface area contributed by atoms with Crippen LogP contribution in [0.3, 0.4) is 0 Å². The van der Waals surface area contributed by atoms with Crippen LogP contribution in [0.2, 0.25) is 0 Å². The topological polar surface area (TPSA) is 65.2 Å². The fraction of sp³-hybridized carbons (Fsp3) is 0.154. The van der Waals surface area contributed by atoms with Gasteiger partial charge in [-0.15, -0.1) is 0 Å². The Balaban J connectivity index is 1.90. The summed E-state index contributed by atoms with van der Waals surface area (Å²) in [6.45, 7) is 1.35. The van der Waals surface area contributed by atoms with E-state index < -0.39 is 0 Å². The molecular weight excluding hydrogens is 214 g/mol. The Labute approximate surface area is 100 Å². The van der Waals surface area contributed by atoms with E-state index in [4.69, 9.17) is 16.2 Å². The molecule has 0 fully saturated rings. The van der Waals surface area contributed by atoms with E-state index in [0.29, 0.717) is 23.7 Å². The molecule has 0 saturated carbocycles. The van der Waals surface area contributed by atoms with Gasteiger partial charge in [-0.05, 0) is 18.2 Å². The van der Waals surface area contributed by atoms with Crippen molar-refractivity contribution < 1.29 is 9.30 Å². The minimum Gasteiger partial charge on any atom is -0.485 e. The standard InChI is InChI=1S/C13H16N3O/c14-11-4-5-13(12(15)10-11)17-9-8-16-6-2-1-3-7-16/h1-7,10H,8-9,14-15H2/q+1. The van der Waals surface area contributed by atoms with Crippen LogP contribution in [0.4, 0.5) is 11.4 Å². The third-order valence-corrected chi connectivity index (χ3v) is 2.42. The number of hydrogen-bond acceptors (Lipinski definition) is 3. The van der Waals surface area contributed by atoms with E-state index in [2.05, 4.69) is 0 Å². The van der Waals surface area contributed by atoms with Gasteiger partial charge in [0.1, 0.15) is 12.4 Å². The monoisotopic (exact) mass is 230 g/mol. The van der Waals surface area contributed by atoms with Crippen molar-refractivity contribution in [2.45, 2.75) is 6.54 Å². The summed E-state index contributed by atoms with van der Waals surface area (Å²) in [5.74, 6) is 0.677. The van der Waals surface area contributed by atoms with Gasteiger partial charge in [-0.3, -0.25) is 0 Å². The van der Waals surface area contributed by atoms with Crippen LogP contribution in [0, 0.1) is 0 Å². The summed E-state index contributed by atoms with van der Waals surface area (Å²) >= 11 is 0. The predicted octanol–water partition coefficient (Wildman–Crippen LogP) is 1.22. The van der Waals surface area contributed by atoms with Gasteiger partial charge in [0, 0.05) is 17.8 Å². The van der Waals surface area contributed by atoms with Crippen LogP contribution in [-0.2, 0) is 6.54 Å². The molecule has 0 atom stereocenters. The van der Waals surface area contributed by atoms with E-state index in [9.17, 15) is 0 Å². The van der Waals surface area contributed by atoms with Crippen LogP contribution in [0.5, 0.6) is 5.75 Å². The van der Waals surface area contributed by atoms with E-state index in [-0.39, 0.29) is 0 Å². The Hall–Kier alpha value is -2.23. The Morgan fingerprint density at radius 2 is 1.82 bits per heavy atom. The lowest BCUT2D eigenvalue weighted by Gasteiger charge is -2.07. The number of benzene rings is 1. The zero-order chi connectivity index (χ0) is 12.1. The van der Waals surface area contributed by atoms with Gasteiger partial charge < -0.3 is 16.2 Å². The second-order valence-corrected chi connectivity index (χ2v) is 3.76. The number of aromatic nitrogens is 1. The number of nitrogen functional groups attached to an aromatic ring is 2. The van der Waals surface area contributed by atoms with Crippen LogP contribution in [0.25, 0.3) is 0 Å². The average Bonchev–Trinajstić information content (AvgIpc) is 2.33. The summed E-state index contributed by atoms with van der Waals surface area (Å²) in [7, 11) is 0. The molecule has 0 unspecified atom stereocenters. The van der Waals surface area contributed by atoms with E-state index in [1.54, 1.807) is 18.2 Å². The first-order valence-corrected chi connectivity index (χ1v) is 5.47. The van der Waals surface area contributed by atoms with Gasteiger partial charge in [0.05, 0.1) is 5.69 Å². The summed E-state index contributed by atoms with van der Waals surface area (Å²) in [6, 6.07) is 11.2. The van der Waals surface area contributed by atoms with Crippen LogP contribution >= 0.6 is 0 Å². The molecule has 1 heterocycles. The molecule has 0 amide bonds. The van der Waals surface area contributed by atoms with Crippen molar-refractivity contribution in [1.29, 1.82) is 0 Å². The highest BCUT2D eigenvalue weighted by atomic mass is 16.5. The molecule has 2 aromatic rings. The third kappa shape index (κ3) is 3.11. The number of pyridine rings is 1. The molecule has 0 saturated heterocycles. The highest BCUT2D eigenvalue weighted by molar-refractivity contribution is 5.60. The zero-order valence-electron chi connectivity index (χ0n) is 9.54. The Bertz CT molecular complexity index is 485. The lowest BCUT2D eigenvalue weighted by atomic mass is 10.2. The van der Waals surface area contributed by atoms with Gasteiger partial charge in [-0.25, -0.2) is 4.57 Å². The minimum absolute atomic E-state index is 0.572. The lowest BCUT2D eigenvalue weighted by Crippen LogP contribution is -2.35. The van der Waals surface area contributed by atoms with Crippen LogP contribution in [0.15, 0.2) is 48.8 Å². The molecule has 0 aliphatic carbocycles. The Morgan fingerprint density at radius 3 is 2.53 bits per heavy atom. The maximum atomic E-state index is 5.79. The van der Waals surface area contributed by atoms with Crippen molar-refractivity contribution in [2.75, 3.05) is 18.1 Å². The second-order valence-electron chi connectivity index (χ2n) is 3.76. The van der Waals surface area contributed by atoms with Crippen molar-refractivity contribution >= 4 is 11.4 Å². The number of anilines is 2. The number of nitrogens with zero attached hydrogens (tertiary/aromatic N) is 1. The number of ether oxygens (including phenoxy) is 1. The van der Waals surface area contributed by atoms with Crippen LogP contribution in [-0.4, -0.2) is 6.61 Å². The Morgan fingerprint density at radius 1 is 1.06 bits per heavy atom. The maximum Gasteiger partial charge on any atom is 0.182 e. The first-order valence-electron chi connectivity index (χ1n) is 5.47. The SMILES string of the molecule is Nc1ccc(OCC[n+]2ccccc2)c(N)c1. The van der Waals surface area contributed by atoms with Gasteiger partial charge in [0.15, 0.2) is 18.9 Å². The van der Waals surface area contributed by atoms with E-state index in [1.165, 1.54) is 0 Å². The molecule has 0 aliphatic rings. The van der Waals surface area contributed by atoms with Crippen molar-refractivity contribution in [3.8, 4) is 5.75 Å². The lowest BCUT2D eigenvalue weighted by molar-refractivity contribution is -0.697. The third-order valence-electron chi connectivity index (χ3n) is 2.42. The number of nitrogens with two attached hydrogens (primary N) is 2. The molecule has 88 valence electrons. The van der Waals surface area contributed by atoms with Crippen molar-refractivity contribution in [1.82, 2.24) is 0 Å². The fourth-order valence-corrected chi connectivity index (χ4v) is 1.54. The van der Waals surface area contributed by atoms with E-state index >= 15 is 0 Å². The van der Waals surface area contributed by atoms with Gasteiger partial charge >= 0.3 is 0 Å². The fourth-order valence-electron chi connectivity index (χ4n) is 1.54. The maximum absolute atomic E-state index is 5.79. The molecule has 0 bridgehead atoms. The summed E-state index contributed by atoms with van der Waals surface area (Å²) in [5, 5.41) is 0. The van der Waals surface area contributed by atoms with E-state index in [1.807, 2.05) is 35.2 Å². The molecule has 1 aromatic carbocycles. The van der Waals surface area contributed by atoms with Crippen molar-refractivity contribution in [2.24, 2.45) is 0 Å². The Kier molecular flexibility index (Phi) is 3.45. The zero-order valence-corrected chi connectivity index (χ0v) is 9.54. The van der Waals surface area contributed by atoms with Gasteiger partial charge in [0.2, 0.25) is 0 Å². The highest BCUT2D eigenvalue weighted by Crippen LogP contribution is 2.23. The second kappa shape index (κ2) is 5.21. The largest absolute Gasteiger partial charge is 0.485 e. The molecule has 2 rings (SSSR count). The molecular formula is C13H16N3O+. The summed E-state index contributed by atoms with van der Waals surface area (Å²) in [6.07, 6.45) is 3.99. The highest BCUT2D eigenvalue weighted by Gasteiger charge is 2.02. The smallest absolute Gasteiger partial charge is 0.182 e. The average molecular weight is 230 g/mol. The predicted molar refractivity (Wildman–Crippen MR) is 67.4 cm³/mol. The van der Waals surface area contributed by atoms with Crippen molar-refractivity contribution in [3.05, 3.63) is 48.8 Å². The molecule has 0 spiro atoms. The first-order chi connectivity index (χ1) is 8.25. The normalized spacial score (nSPS) is 10.1.